The van der Waals surface area contributed by atoms with Crippen molar-refractivity contribution in [2.24, 2.45) is 0 Å². The Morgan fingerprint density at radius 3 is 2.62 bits per heavy atom. The van der Waals surface area contributed by atoms with E-state index in [1.165, 1.54) is 42.5 Å². The number of anilines is 1. The van der Waals surface area contributed by atoms with E-state index >= 15 is 0 Å². The number of methoxy groups -OCH3 is 1. The van der Waals surface area contributed by atoms with Crippen molar-refractivity contribution < 1.29 is 18.7 Å². The van der Waals surface area contributed by atoms with Gasteiger partial charge in [0.2, 0.25) is 11.8 Å². The number of hydrogen-bond donors (Lipinski definition) is 1. The van der Waals surface area contributed by atoms with Crippen LogP contribution in [-0.4, -0.2) is 42.9 Å². The molecule has 6 nitrogen and oxygen atoms in total. The van der Waals surface area contributed by atoms with E-state index in [1.807, 2.05) is 0 Å². The van der Waals surface area contributed by atoms with Crippen molar-refractivity contribution in [1.82, 2.24) is 10.3 Å². The molecule has 1 atom stereocenters. The highest BCUT2D eigenvalue weighted by molar-refractivity contribution is 6.29. The number of nitrogens with one attached hydrogen (secondary N) is 1. The largest absolute Gasteiger partial charge is 0.383 e. The number of amides is 2. The fourth-order valence-electron chi connectivity index (χ4n) is 2.43. The van der Waals surface area contributed by atoms with Crippen LogP contribution in [0.2, 0.25) is 0 Å². The number of halogens is 2. The molecule has 0 saturated carbocycles. The molecule has 1 aromatic carbocycles. The molecule has 138 valence electrons. The van der Waals surface area contributed by atoms with Crippen molar-refractivity contribution in [3.05, 3.63) is 60.2 Å². The van der Waals surface area contributed by atoms with Crippen LogP contribution in [0.5, 0.6) is 0 Å². The standard InChI is InChI=1S/C18H19ClFN3O3/c1-26-10-9-22-18(25)17(13-3-2-8-21-12-13)23(16(24)11-19)15-6-4-14(20)5-7-15/h2-8,12,17H,9-11H2,1H3,(H,22,25). The normalized spacial score (nSPS) is 11.7. The second-order valence-corrected chi connectivity index (χ2v) is 5.61. The van der Waals surface area contributed by atoms with Gasteiger partial charge in [0.15, 0.2) is 0 Å². The van der Waals surface area contributed by atoms with Gasteiger partial charge < -0.3 is 10.1 Å². The molecule has 2 amide bonds. The van der Waals surface area contributed by atoms with E-state index in [0.717, 1.165) is 0 Å². The average Bonchev–Trinajstić information content (AvgIpc) is 2.67. The molecule has 1 aromatic heterocycles. The molecule has 0 bridgehead atoms. The fourth-order valence-corrected chi connectivity index (χ4v) is 2.56. The van der Waals surface area contributed by atoms with E-state index in [0.29, 0.717) is 17.9 Å². The lowest BCUT2D eigenvalue weighted by Gasteiger charge is -2.30. The third-order valence-electron chi connectivity index (χ3n) is 3.60. The molecule has 8 heteroatoms. The Morgan fingerprint density at radius 1 is 1.31 bits per heavy atom. The van der Waals surface area contributed by atoms with Gasteiger partial charge in [-0.1, -0.05) is 6.07 Å². The molecule has 0 spiro atoms. The zero-order valence-electron chi connectivity index (χ0n) is 14.2. The Kier molecular flexibility index (Phi) is 7.50. The number of hydrogen-bond acceptors (Lipinski definition) is 4. The van der Waals surface area contributed by atoms with E-state index in [2.05, 4.69) is 10.3 Å². The highest BCUT2D eigenvalue weighted by Gasteiger charge is 2.32. The second kappa shape index (κ2) is 9.84. The van der Waals surface area contributed by atoms with E-state index < -0.39 is 23.7 Å². The summed E-state index contributed by atoms with van der Waals surface area (Å²) in [7, 11) is 1.52. The van der Waals surface area contributed by atoms with Crippen LogP contribution in [0.4, 0.5) is 10.1 Å². The van der Waals surface area contributed by atoms with Crippen molar-refractivity contribution in [3.63, 3.8) is 0 Å². The third-order valence-corrected chi connectivity index (χ3v) is 3.83. The molecule has 0 aliphatic heterocycles. The molecule has 0 aliphatic carbocycles. The van der Waals surface area contributed by atoms with Crippen LogP contribution in [-0.2, 0) is 14.3 Å². The lowest BCUT2D eigenvalue weighted by molar-refractivity contribution is -0.126. The van der Waals surface area contributed by atoms with Crippen LogP contribution in [0.15, 0.2) is 48.8 Å². The maximum atomic E-state index is 13.3. The summed E-state index contributed by atoms with van der Waals surface area (Å²) in [6.07, 6.45) is 3.06. The van der Waals surface area contributed by atoms with E-state index in [1.54, 1.807) is 18.3 Å². The van der Waals surface area contributed by atoms with Crippen molar-refractivity contribution >= 4 is 29.1 Å². The fraction of sp³-hybridized carbons (Fsp3) is 0.278. The number of carbonyl (C=O) groups is 2. The Balaban J connectivity index is 2.45. The van der Waals surface area contributed by atoms with Gasteiger partial charge in [-0.05, 0) is 30.3 Å². The molecular weight excluding hydrogens is 361 g/mol. The number of nitrogens with zero attached hydrogens (tertiary/aromatic N) is 2. The number of alkyl halides is 1. The van der Waals surface area contributed by atoms with Crippen molar-refractivity contribution in [2.75, 3.05) is 31.0 Å². The highest BCUT2D eigenvalue weighted by Crippen LogP contribution is 2.28. The molecule has 1 unspecified atom stereocenters. The predicted molar refractivity (Wildman–Crippen MR) is 96.5 cm³/mol. The Bertz CT molecular complexity index is 728. The van der Waals surface area contributed by atoms with Gasteiger partial charge in [-0.3, -0.25) is 19.5 Å². The number of carbonyl (C=O) groups excluding carboxylic acids is 2. The van der Waals surface area contributed by atoms with E-state index in [9.17, 15) is 14.0 Å². The molecule has 0 fully saturated rings. The summed E-state index contributed by atoms with van der Waals surface area (Å²) in [5.41, 5.74) is 0.859. The minimum atomic E-state index is -1.00. The molecule has 0 aliphatic rings. The number of ether oxygens (including phenoxy) is 1. The summed E-state index contributed by atoms with van der Waals surface area (Å²) >= 11 is 5.76. The number of benzene rings is 1. The third kappa shape index (κ3) is 5.00. The summed E-state index contributed by atoms with van der Waals surface area (Å²) < 4.78 is 18.2. The van der Waals surface area contributed by atoms with Crippen molar-refractivity contribution in [3.8, 4) is 0 Å². The SMILES string of the molecule is COCCNC(=O)C(c1cccnc1)N(C(=O)CCl)c1ccc(F)cc1. The van der Waals surface area contributed by atoms with Crippen LogP contribution in [0.1, 0.15) is 11.6 Å². The van der Waals surface area contributed by atoms with Gasteiger partial charge in [-0.15, -0.1) is 11.6 Å². The van der Waals surface area contributed by atoms with Crippen LogP contribution in [0, 0.1) is 5.82 Å². The summed E-state index contributed by atoms with van der Waals surface area (Å²) in [5, 5.41) is 2.72. The molecule has 0 radical (unpaired) electrons. The minimum Gasteiger partial charge on any atom is -0.383 e. The first-order valence-corrected chi connectivity index (χ1v) is 8.42. The maximum Gasteiger partial charge on any atom is 0.247 e. The van der Waals surface area contributed by atoms with Gasteiger partial charge in [-0.25, -0.2) is 4.39 Å². The molecule has 2 aromatic rings. The highest BCUT2D eigenvalue weighted by atomic mass is 35.5. The first-order valence-electron chi connectivity index (χ1n) is 7.88. The molecule has 1 N–H and O–H groups in total. The van der Waals surface area contributed by atoms with Crippen LogP contribution in [0.3, 0.4) is 0 Å². The Morgan fingerprint density at radius 2 is 2.04 bits per heavy atom. The second-order valence-electron chi connectivity index (χ2n) is 5.35. The molecule has 0 saturated heterocycles. The van der Waals surface area contributed by atoms with Crippen molar-refractivity contribution in [1.29, 1.82) is 0 Å². The number of rotatable bonds is 8. The molecular formula is C18H19ClFN3O3. The zero-order chi connectivity index (χ0) is 18.9. The van der Waals surface area contributed by atoms with Gasteiger partial charge in [0.05, 0.1) is 6.61 Å². The van der Waals surface area contributed by atoms with Gasteiger partial charge >= 0.3 is 0 Å². The summed E-state index contributed by atoms with van der Waals surface area (Å²) in [6, 6.07) is 7.62. The summed E-state index contributed by atoms with van der Waals surface area (Å²) in [6.45, 7) is 0.601. The topological polar surface area (TPSA) is 71.5 Å². The number of pyridine rings is 1. The summed E-state index contributed by atoms with van der Waals surface area (Å²) in [4.78, 5) is 30.6. The smallest absolute Gasteiger partial charge is 0.247 e. The quantitative estimate of drug-likeness (QED) is 0.564. The van der Waals surface area contributed by atoms with Crippen LogP contribution >= 0.6 is 11.6 Å². The lowest BCUT2D eigenvalue weighted by atomic mass is 10.0. The first kappa shape index (κ1) is 19.8. The predicted octanol–water partition coefficient (Wildman–Crippen LogP) is 2.30. The first-order chi connectivity index (χ1) is 12.6. The molecule has 26 heavy (non-hydrogen) atoms. The maximum absolute atomic E-state index is 13.3. The summed E-state index contributed by atoms with van der Waals surface area (Å²) in [5.74, 6) is -1.69. The van der Waals surface area contributed by atoms with Crippen LogP contribution < -0.4 is 10.2 Å². The molecule has 2 rings (SSSR count). The van der Waals surface area contributed by atoms with Gasteiger partial charge in [0.25, 0.3) is 0 Å². The zero-order valence-corrected chi connectivity index (χ0v) is 14.9. The van der Waals surface area contributed by atoms with Gasteiger partial charge in [-0.2, -0.15) is 0 Å². The van der Waals surface area contributed by atoms with Gasteiger partial charge in [0.1, 0.15) is 17.7 Å². The molecule has 1 heterocycles. The van der Waals surface area contributed by atoms with E-state index in [4.69, 9.17) is 16.3 Å². The number of aromatic nitrogens is 1. The van der Waals surface area contributed by atoms with Crippen molar-refractivity contribution in [2.45, 2.75) is 6.04 Å². The van der Waals surface area contributed by atoms with Crippen LogP contribution in [0.25, 0.3) is 0 Å². The Hall–Kier alpha value is -2.51. The lowest BCUT2D eigenvalue weighted by Crippen LogP contribution is -2.45. The average molecular weight is 380 g/mol. The Labute approximate surface area is 155 Å². The minimum absolute atomic E-state index is 0.276. The van der Waals surface area contributed by atoms with Gasteiger partial charge in [0, 0.05) is 37.3 Å². The monoisotopic (exact) mass is 379 g/mol. The van der Waals surface area contributed by atoms with E-state index in [-0.39, 0.29) is 12.4 Å².